The molecule has 0 aromatic heterocycles. The van der Waals surface area contributed by atoms with E-state index in [1.165, 1.54) is 38.5 Å². The highest BCUT2D eigenvalue weighted by Crippen LogP contribution is 2.06. The van der Waals surface area contributed by atoms with Crippen LogP contribution in [0.5, 0.6) is 0 Å². The van der Waals surface area contributed by atoms with Crippen molar-refractivity contribution in [3.8, 4) is 0 Å². The number of unbranched alkanes of at least 4 members (excludes halogenated alkanes) is 5. The minimum Gasteiger partial charge on any atom is -0.381 e. The molecule has 0 aliphatic rings. The second kappa shape index (κ2) is 13.5. The average Bonchev–Trinajstić information content (AvgIpc) is 2.33. The first-order valence-corrected chi connectivity index (χ1v) is 7.18. The van der Waals surface area contributed by atoms with Crippen LogP contribution in [0.25, 0.3) is 0 Å². The van der Waals surface area contributed by atoms with Crippen molar-refractivity contribution in [1.29, 1.82) is 0 Å². The van der Waals surface area contributed by atoms with Crippen molar-refractivity contribution in [3.63, 3.8) is 0 Å². The van der Waals surface area contributed by atoms with E-state index in [0.717, 1.165) is 13.2 Å². The van der Waals surface area contributed by atoms with E-state index in [4.69, 9.17) is 4.74 Å². The van der Waals surface area contributed by atoms with Crippen molar-refractivity contribution >= 4 is 0 Å². The van der Waals surface area contributed by atoms with Crippen LogP contribution in [-0.4, -0.2) is 13.2 Å². The summed E-state index contributed by atoms with van der Waals surface area (Å²) in [6.45, 7) is 8.11. The minimum absolute atomic E-state index is 0.449. The number of allylic oxidation sites excluding steroid dienone is 2. The maximum atomic E-state index is 5.70. The summed E-state index contributed by atoms with van der Waals surface area (Å²) in [5, 5.41) is 0. The molecule has 0 fully saturated rings. The van der Waals surface area contributed by atoms with E-state index < -0.39 is 0 Å². The summed E-state index contributed by atoms with van der Waals surface area (Å²) in [6, 6.07) is 0. The van der Waals surface area contributed by atoms with E-state index in [0.29, 0.717) is 5.92 Å². The molecule has 100 valence electrons. The Bertz CT molecular complexity index is 182. The summed E-state index contributed by atoms with van der Waals surface area (Å²) in [5.41, 5.74) is 0. The summed E-state index contributed by atoms with van der Waals surface area (Å²) in [7, 11) is 0. The quantitative estimate of drug-likeness (QED) is 0.358. The average molecular weight is 238 g/mol. The Kier molecular flexibility index (Phi) is 13.1. The van der Waals surface area contributed by atoms with Gasteiger partial charge in [0.05, 0.1) is 6.61 Å². The maximum Gasteiger partial charge on any atom is 0.0563 e. The molecule has 0 bridgehead atoms. The van der Waals surface area contributed by atoms with E-state index in [1.807, 2.05) is 0 Å². The maximum absolute atomic E-state index is 5.70. The van der Waals surface area contributed by atoms with E-state index in [9.17, 15) is 0 Å². The molecule has 0 rings (SSSR count). The summed E-state index contributed by atoms with van der Waals surface area (Å²) in [5.74, 6) is 0.449. The molecule has 1 nitrogen and oxygen atoms in total. The third-order valence-electron chi connectivity index (χ3n) is 2.83. The van der Waals surface area contributed by atoms with Crippen molar-refractivity contribution in [2.24, 2.45) is 5.92 Å². The Hall–Kier alpha value is -0.560. The molecule has 0 saturated heterocycles. The first-order valence-electron chi connectivity index (χ1n) is 7.18. The van der Waals surface area contributed by atoms with E-state index in [2.05, 4.69) is 45.1 Å². The fourth-order valence-corrected chi connectivity index (χ4v) is 1.87. The molecule has 0 N–H and O–H groups in total. The van der Waals surface area contributed by atoms with Gasteiger partial charge in [-0.25, -0.2) is 0 Å². The number of rotatable bonds is 11. The lowest BCUT2D eigenvalue weighted by atomic mass is 10.1. The standard InChI is InChI=1S/C16H30O/c1-4-7-8-9-10-11-14-17-15-16(12-5-2)13-6-3/h5-6,12-13,16H,4,7-11,14-15H2,1-3H3. The van der Waals surface area contributed by atoms with Gasteiger partial charge in [-0.05, 0) is 20.3 Å². The van der Waals surface area contributed by atoms with Crippen molar-refractivity contribution in [1.82, 2.24) is 0 Å². The van der Waals surface area contributed by atoms with E-state index in [-0.39, 0.29) is 0 Å². The Morgan fingerprint density at radius 1 is 0.882 bits per heavy atom. The zero-order chi connectivity index (χ0) is 12.8. The van der Waals surface area contributed by atoms with Crippen LogP contribution in [0.15, 0.2) is 24.3 Å². The van der Waals surface area contributed by atoms with Gasteiger partial charge in [0.25, 0.3) is 0 Å². The highest BCUT2D eigenvalue weighted by atomic mass is 16.5. The van der Waals surface area contributed by atoms with Crippen molar-refractivity contribution < 1.29 is 4.74 Å². The van der Waals surface area contributed by atoms with Gasteiger partial charge in [-0.15, -0.1) is 0 Å². The minimum atomic E-state index is 0.449. The van der Waals surface area contributed by atoms with Gasteiger partial charge in [0.2, 0.25) is 0 Å². The first kappa shape index (κ1) is 16.4. The second-order valence-electron chi connectivity index (χ2n) is 4.56. The molecule has 0 saturated carbocycles. The molecule has 0 radical (unpaired) electrons. The second-order valence-corrected chi connectivity index (χ2v) is 4.56. The molecule has 0 aliphatic carbocycles. The first-order chi connectivity index (χ1) is 8.35. The Labute approximate surface area is 108 Å². The summed E-state index contributed by atoms with van der Waals surface area (Å²) < 4.78 is 5.70. The zero-order valence-electron chi connectivity index (χ0n) is 12.0. The molecule has 1 heteroatoms. The van der Waals surface area contributed by atoms with Crippen LogP contribution in [0.3, 0.4) is 0 Å². The third kappa shape index (κ3) is 11.7. The lowest BCUT2D eigenvalue weighted by molar-refractivity contribution is 0.119. The molecular weight excluding hydrogens is 208 g/mol. The van der Waals surface area contributed by atoms with Gasteiger partial charge in [-0.1, -0.05) is 63.3 Å². The Morgan fingerprint density at radius 3 is 2.06 bits per heavy atom. The number of hydrogen-bond donors (Lipinski definition) is 0. The van der Waals surface area contributed by atoms with Crippen LogP contribution < -0.4 is 0 Å². The lowest BCUT2D eigenvalue weighted by Gasteiger charge is -2.09. The Balaban J connectivity index is 3.36. The number of hydrogen-bond acceptors (Lipinski definition) is 1. The van der Waals surface area contributed by atoms with E-state index in [1.54, 1.807) is 0 Å². The smallest absolute Gasteiger partial charge is 0.0563 e. The predicted octanol–water partition coefficient (Wildman–Crippen LogP) is 5.13. The van der Waals surface area contributed by atoms with Gasteiger partial charge < -0.3 is 4.74 Å². The summed E-state index contributed by atoms with van der Waals surface area (Å²) in [6.07, 6.45) is 16.6. The highest BCUT2D eigenvalue weighted by Gasteiger charge is 1.99. The molecule has 0 aliphatic heterocycles. The predicted molar refractivity (Wildman–Crippen MR) is 77.3 cm³/mol. The molecule has 0 atom stereocenters. The topological polar surface area (TPSA) is 9.23 Å². The zero-order valence-corrected chi connectivity index (χ0v) is 12.0. The number of ether oxygens (including phenoxy) is 1. The van der Waals surface area contributed by atoms with Gasteiger partial charge in [-0.2, -0.15) is 0 Å². The van der Waals surface area contributed by atoms with Crippen LogP contribution in [0.2, 0.25) is 0 Å². The summed E-state index contributed by atoms with van der Waals surface area (Å²) >= 11 is 0. The van der Waals surface area contributed by atoms with Crippen molar-refractivity contribution in [2.45, 2.75) is 59.3 Å². The van der Waals surface area contributed by atoms with Crippen LogP contribution in [0.1, 0.15) is 59.3 Å². The van der Waals surface area contributed by atoms with Crippen LogP contribution in [0.4, 0.5) is 0 Å². The van der Waals surface area contributed by atoms with Crippen LogP contribution in [-0.2, 0) is 4.74 Å². The van der Waals surface area contributed by atoms with Gasteiger partial charge >= 0.3 is 0 Å². The SMILES string of the molecule is CC=CC(C=CC)COCCCCCCCC. The lowest BCUT2D eigenvalue weighted by Crippen LogP contribution is -2.05. The molecule has 0 heterocycles. The molecule has 0 aromatic rings. The van der Waals surface area contributed by atoms with E-state index >= 15 is 0 Å². The highest BCUT2D eigenvalue weighted by molar-refractivity contribution is 4.98. The molecule has 0 amide bonds. The Morgan fingerprint density at radius 2 is 1.47 bits per heavy atom. The fraction of sp³-hybridized carbons (Fsp3) is 0.750. The summed E-state index contributed by atoms with van der Waals surface area (Å²) in [4.78, 5) is 0. The molecule has 0 aromatic carbocycles. The molecule has 0 unspecified atom stereocenters. The molecule has 0 spiro atoms. The molecule has 17 heavy (non-hydrogen) atoms. The molecular formula is C16H30O. The third-order valence-corrected chi connectivity index (χ3v) is 2.83. The monoisotopic (exact) mass is 238 g/mol. The van der Waals surface area contributed by atoms with Crippen LogP contribution in [0, 0.1) is 5.92 Å². The van der Waals surface area contributed by atoms with Crippen LogP contribution >= 0.6 is 0 Å². The fourth-order valence-electron chi connectivity index (χ4n) is 1.87. The van der Waals surface area contributed by atoms with Crippen molar-refractivity contribution in [3.05, 3.63) is 24.3 Å². The van der Waals surface area contributed by atoms with Gasteiger partial charge in [0, 0.05) is 12.5 Å². The van der Waals surface area contributed by atoms with Gasteiger partial charge in [-0.3, -0.25) is 0 Å². The van der Waals surface area contributed by atoms with Gasteiger partial charge in [0.15, 0.2) is 0 Å². The van der Waals surface area contributed by atoms with Crippen molar-refractivity contribution in [2.75, 3.05) is 13.2 Å². The normalized spacial score (nSPS) is 13.8. The largest absolute Gasteiger partial charge is 0.381 e. The van der Waals surface area contributed by atoms with Gasteiger partial charge in [0.1, 0.15) is 0 Å².